The van der Waals surface area contributed by atoms with Crippen LogP contribution in [0.5, 0.6) is 0 Å². The molecule has 1 spiro atoms. The van der Waals surface area contributed by atoms with Gasteiger partial charge in [0, 0.05) is 11.8 Å². The molecule has 1 N–H and O–H groups in total. The van der Waals surface area contributed by atoms with Gasteiger partial charge in [0.2, 0.25) is 0 Å². The number of carbonyl (C=O) groups excluding carboxylic acids is 2. The van der Waals surface area contributed by atoms with Gasteiger partial charge in [0.15, 0.2) is 5.78 Å². The zero-order valence-electron chi connectivity index (χ0n) is 11.9. The van der Waals surface area contributed by atoms with Gasteiger partial charge in [-0.1, -0.05) is 12.8 Å². The van der Waals surface area contributed by atoms with E-state index in [2.05, 4.69) is 0 Å². The average molecular weight is 266 g/mol. The first-order valence-corrected chi connectivity index (χ1v) is 7.00. The quantitative estimate of drug-likeness (QED) is 0.614. The van der Waals surface area contributed by atoms with Gasteiger partial charge < -0.3 is 9.84 Å². The lowest BCUT2D eigenvalue weighted by molar-refractivity contribution is -0.143. The van der Waals surface area contributed by atoms with Crippen LogP contribution < -0.4 is 0 Å². The van der Waals surface area contributed by atoms with Crippen molar-refractivity contribution in [1.29, 1.82) is 0 Å². The Morgan fingerprint density at radius 3 is 2.47 bits per heavy atom. The van der Waals surface area contributed by atoms with Crippen molar-refractivity contribution in [3.05, 3.63) is 11.1 Å². The molecule has 1 atom stereocenters. The van der Waals surface area contributed by atoms with Gasteiger partial charge >= 0.3 is 5.97 Å². The average Bonchev–Trinajstić information content (AvgIpc) is 2.77. The normalized spacial score (nSPS) is 30.0. The largest absolute Gasteiger partial charge is 0.462 e. The number of esters is 1. The Labute approximate surface area is 113 Å². The molecular weight excluding hydrogens is 244 g/mol. The highest BCUT2D eigenvalue weighted by atomic mass is 16.5. The number of carbonyl (C=O) groups is 2. The number of ketones is 1. The minimum absolute atomic E-state index is 0.0124. The van der Waals surface area contributed by atoms with E-state index in [9.17, 15) is 14.7 Å². The molecule has 106 valence electrons. The number of ether oxygens (including phenoxy) is 1. The monoisotopic (exact) mass is 266 g/mol. The molecule has 0 amide bonds. The maximum Gasteiger partial charge on any atom is 0.341 e. The summed E-state index contributed by atoms with van der Waals surface area (Å²) in [6, 6.07) is 0. The molecule has 19 heavy (non-hydrogen) atoms. The van der Waals surface area contributed by atoms with Gasteiger partial charge in [-0.05, 0) is 39.2 Å². The third kappa shape index (κ3) is 2.02. The van der Waals surface area contributed by atoms with Crippen molar-refractivity contribution >= 4 is 11.8 Å². The van der Waals surface area contributed by atoms with Crippen LogP contribution in [-0.4, -0.2) is 29.1 Å². The number of rotatable bonds is 2. The van der Waals surface area contributed by atoms with Crippen LogP contribution in [0.25, 0.3) is 0 Å². The standard InChI is InChI=1S/C15H22O4/c1-4-19-13(17)12-10(2)15(7-5-6-8-15)14(3,18)9-11(12)16/h18H,4-9H2,1-3H3. The van der Waals surface area contributed by atoms with Crippen molar-refractivity contribution in [1.82, 2.24) is 0 Å². The first-order chi connectivity index (χ1) is 8.85. The molecule has 0 saturated heterocycles. The fourth-order valence-electron chi connectivity index (χ4n) is 3.78. The summed E-state index contributed by atoms with van der Waals surface area (Å²) in [4.78, 5) is 24.1. The maximum atomic E-state index is 12.2. The minimum atomic E-state index is -1.05. The fraction of sp³-hybridized carbons (Fsp3) is 0.733. The molecule has 2 rings (SSSR count). The van der Waals surface area contributed by atoms with E-state index in [4.69, 9.17) is 4.74 Å². The molecule has 0 aliphatic heterocycles. The molecule has 0 aromatic heterocycles. The van der Waals surface area contributed by atoms with Gasteiger partial charge in [0.1, 0.15) is 5.57 Å². The molecule has 0 heterocycles. The Morgan fingerprint density at radius 1 is 1.37 bits per heavy atom. The second kappa shape index (κ2) is 4.75. The molecule has 2 aliphatic rings. The van der Waals surface area contributed by atoms with Crippen LogP contribution in [0.2, 0.25) is 0 Å². The molecular formula is C15H22O4. The molecule has 4 nitrogen and oxygen atoms in total. The van der Waals surface area contributed by atoms with E-state index in [1.165, 1.54) is 0 Å². The zero-order valence-corrected chi connectivity index (χ0v) is 11.9. The first kappa shape index (κ1) is 14.3. The van der Waals surface area contributed by atoms with E-state index in [1.54, 1.807) is 13.8 Å². The van der Waals surface area contributed by atoms with E-state index in [0.717, 1.165) is 31.3 Å². The summed E-state index contributed by atoms with van der Waals surface area (Å²) in [5, 5.41) is 10.7. The van der Waals surface area contributed by atoms with Gasteiger partial charge in [-0.25, -0.2) is 4.79 Å². The molecule has 0 aromatic carbocycles. The SMILES string of the molecule is CCOC(=O)C1=C(C)C2(CCCC2)C(C)(O)CC1=O. The van der Waals surface area contributed by atoms with Gasteiger partial charge in [0.05, 0.1) is 12.2 Å². The Bertz CT molecular complexity index is 439. The van der Waals surface area contributed by atoms with Crippen LogP contribution in [0, 0.1) is 5.41 Å². The number of Topliss-reactive ketones (excluding diaryl/α,β-unsaturated/α-hetero) is 1. The molecule has 0 radical (unpaired) electrons. The summed E-state index contributed by atoms with van der Waals surface area (Å²) in [5.41, 5.74) is -0.580. The molecule has 1 saturated carbocycles. The van der Waals surface area contributed by atoms with Crippen molar-refractivity contribution in [3.63, 3.8) is 0 Å². The minimum Gasteiger partial charge on any atom is -0.462 e. The summed E-state index contributed by atoms with van der Waals surface area (Å²) >= 11 is 0. The van der Waals surface area contributed by atoms with Crippen molar-refractivity contribution in [2.24, 2.45) is 5.41 Å². The van der Waals surface area contributed by atoms with Crippen LogP contribution in [0.1, 0.15) is 52.9 Å². The molecule has 1 unspecified atom stereocenters. The van der Waals surface area contributed by atoms with Crippen molar-refractivity contribution in [2.45, 2.75) is 58.5 Å². The van der Waals surface area contributed by atoms with E-state index < -0.39 is 17.0 Å². The summed E-state index contributed by atoms with van der Waals surface area (Å²) in [5.74, 6) is -0.828. The van der Waals surface area contributed by atoms with Crippen LogP contribution in [-0.2, 0) is 14.3 Å². The van der Waals surface area contributed by atoms with Crippen LogP contribution in [0.3, 0.4) is 0 Å². The first-order valence-electron chi connectivity index (χ1n) is 7.00. The van der Waals surface area contributed by atoms with Crippen molar-refractivity contribution in [3.8, 4) is 0 Å². The molecule has 0 bridgehead atoms. The predicted molar refractivity (Wildman–Crippen MR) is 70.5 cm³/mol. The predicted octanol–water partition coefficient (Wildman–Crippen LogP) is 2.15. The number of hydrogen-bond donors (Lipinski definition) is 1. The highest BCUT2D eigenvalue weighted by molar-refractivity contribution is 6.19. The number of aliphatic hydroxyl groups is 1. The third-order valence-corrected chi connectivity index (χ3v) is 4.84. The summed E-state index contributed by atoms with van der Waals surface area (Å²) in [7, 11) is 0. The van der Waals surface area contributed by atoms with Gasteiger partial charge in [-0.15, -0.1) is 0 Å². The lowest BCUT2D eigenvalue weighted by Crippen LogP contribution is -2.51. The molecule has 0 aromatic rings. The van der Waals surface area contributed by atoms with Crippen LogP contribution in [0.4, 0.5) is 0 Å². The maximum absolute atomic E-state index is 12.2. The topological polar surface area (TPSA) is 63.6 Å². The Balaban J connectivity index is 2.52. The van der Waals surface area contributed by atoms with Crippen LogP contribution in [0.15, 0.2) is 11.1 Å². The second-order valence-corrected chi connectivity index (χ2v) is 5.88. The second-order valence-electron chi connectivity index (χ2n) is 5.88. The van der Waals surface area contributed by atoms with E-state index >= 15 is 0 Å². The van der Waals surface area contributed by atoms with Gasteiger partial charge in [-0.2, -0.15) is 0 Å². The van der Waals surface area contributed by atoms with Gasteiger partial charge in [-0.3, -0.25) is 4.79 Å². The summed E-state index contributed by atoms with van der Waals surface area (Å²) in [6.07, 6.45) is 3.73. The van der Waals surface area contributed by atoms with Crippen LogP contribution >= 0.6 is 0 Å². The zero-order chi connectivity index (χ0) is 14.3. The van der Waals surface area contributed by atoms with E-state index in [1.807, 2.05) is 6.92 Å². The highest BCUT2D eigenvalue weighted by Crippen LogP contribution is 2.56. The summed E-state index contributed by atoms with van der Waals surface area (Å²) in [6.45, 7) is 5.51. The highest BCUT2D eigenvalue weighted by Gasteiger charge is 2.55. The van der Waals surface area contributed by atoms with Crippen molar-refractivity contribution < 1.29 is 19.4 Å². The lowest BCUT2D eigenvalue weighted by Gasteiger charge is -2.47. The van der Waals surface area contributed by atoms with Gasteiger partial charge in [0.25, 0.3) is 0 Å². The van der Waals surface area contributed by atoms with E-state index in [-0.39, 0.29) is 24.4 Å². The third-order valence-electron chi connectivity index (χ3n) is 4.84. The lowest BCUT2D eigenvalue weighted by atomic mass is 9.60. The molecule has 1 fully saturated rings. The van der Waals surface area contributed by atoms with E-state index in [0.29, 0.717) is 0 Å². The molecule has 2 aliphatic carbocycles. The van der Waals surface area contributed by atoms with Crippen molar-refractivity contribution in [2.75, 3.05) is 6.61 Å². The number of hydrogen-bond acceptors (Lipinski definition) is 4. The Morgan fingerprint density at radius 2 is 1.95 bits per heavy atom. The Hall–Kier alpha value is -1.16. The Kier molecular flexibility index (Phi) is 3.56. The summed E-state index contributed by atoms with van der Waals surface area (Å²) < 4.78 is 4.99. The molecule has 4 heteroatoms. The smallest absolute Gasteiger partial charge is 0.341 e. The fourth-order valence-corrected chi connectivity index (χ4v) is 3.78.